The van der Waals surface area contributed by atoms with Gasteiger partial charge in [0.25, 0.3) is 0 Å². The zero-order valence-electron chi connectivity index (χ0n) is 16.9. The summed E-state index contributed by atoms with van der Waals surface area (Å²) in [5.41, 5.74) is 11.4. The largest absolute Gasteiger partial charge is 0.0836 e. The molecule has 0 bridgehead atoms. The van der Waals surface area contributed by atoms with E-state index in [1.54, 1.807) is 5.57 Å². The van der Waals surface area contributed by atoms with Gasteiger partial charge in [0.15, 0.2) is 0 Å². The molecule has 0 unspecified atom stereocenters. The van der Waals surface area contributed by atoms with Gasteiger partial charge in [-0.2, -0.15) is 0 Å². The lowest BCUT2D eigenvalue weighted by molar-refractivity contribution is 0.990. The minimum absolute atomic E-state index is 1.12. The molecule has 7 rings (SSSR count). The van der Waals surface area contributed by atoms with Gasteiger partial charge in [-0.1, -0.05) is 85.0 Å². The first-order valence-electron chi connectivity index (χ1n) is 11.1. The van der Waals surface area contributed by atoms with E-state index in [1.165, 1.54) is 60.2 Å². The fourth-order valence-corrected chi connectivity index (χ4v) is 5.87. The van der Waals surface area contributed by atoms with Crippen LogP contribution in [0.15, 0.2) is 72.8 Å². The Morgan fingerprint density at radius 2 is 1.43 bits per heavy atom. The van der Waals surface area contributed by atoms with E-state index in [9.17, 15) is 0 Å². The van der Waals surface area contributed by atoms with Gasteiger partial charge in [-0.05, 0) is 91.4 Å². The van der Waals surface area contributed by atoms with Crippen LogP contribution in [0.3, 0.4) is 0 Å². The summed E-state index contributed by atoms with van der Waals surface area (Å²) < 4.78 is 0. The first-order valence-corrected chi connectivity index (χ1v) is 11.1. The average molecular weight is 383 g/mol. The Morgan fingerprint density at radius 1 is 0.567 bits per heavy atom. The van der Waals surface area contributed by atoms with E-state index in [0.29, 0.717) is 0 Å². The van der Waals surface area contributed by atoms with E-state index in [0.717, 1.165) is 25.7 Å². The lowest BCUT2D eigenvalue weighted by Crippen LogP contribution is -2.31. The van der Waals surface area contributed by atoms with E-state index in [1.807, 2.05) is 0 Å². The summed E-state index contributed by atoms with van der Waals surface area (Å²) in [5, 5.41) is 5.67. The van der Waals surface area contributed by atoms with Gasteiger partial charge in [0.05, 0.1) is 0 Å². The number of fused-ring (bicyclic) bond motifs is 6. The molecule has 3 aliphatic rings. The zero-order chi connectivity index (χ0) is 19.7. The number of aryl methyl sites for hydroxylation is 1. The lowest BCUT2D eigenvalue weighted by Gasteiger charge is -2.17. The Balaban J connectivity index is 1.57. The van der Waals surface area contributed by atoms with Gasteiger partial charge >= 0.3 is 0 Å². The molecule has 0 saturated carbocycles. The molecule has 0 nitrogen and oxygen atoms in total. The second-order valence-electron chi connectivity index (χ2n) is 8.70. The van der Waals surface area contributed by atoms with Crippen molar-refractivity contribution < 1.29 is 0 Å². The van der Waals surface area contributed by atoms with Crippen LogP contribution in [0.1, 0.15) is 36.0 Å². The molecular weight excluding hydrogens is 360 g/mol. The Hall–Kier alpha value is -3.38. The summed E-state index contributed by atoms with van der Waals surface area (Å²) in [6.45, 7) is 0. The highest BCUT2D eigenvalue weighted by Gasteiger charge is 2.23. The van der Waals surface area contributed by atoms with Gasteiger partial charge in [0.2, 0.25) is 0 Å². The van der Waals surface area contributed by atoms with Crippen LogP contribution in [0, 0.1) is 0 Å². The van der Waals surface area contributed by atoms with Crippen LogP contribution < -0.4 is 10.4 Å². The summed E-state index contributed by atoms with van der Waals surface area (Å²) in [5.74, 6) is 0. The number of benzene rings is 4. The summed E-state index contributed by atoms with van der Waals surface area (Å²) >= 11 is 0. The predicted molar refractivity (Wildman–Crippen MR) is 128 cm³/mol. The van der Waals surface area contributed by atoms with Gasteiger partial charge < -0.3 is 0 Å². The van der Waals surface area contributed by atoms with Gasteiger partial charge in [-0.15, -0.1) is 0 Å². The number of hydrogen-bond acceptors (Lipinski definition) is 0. The summed E-state index contributed by atoms with van der Waals surface area (Å²) in [4.78, 5) is 0. The van der Waals surface area contributed by atoms with Crippen molar-refractivity contribution in [2.75, 3.05) is 0 Å². The molecule has 0 fully saturated rings. The third kappa shape index (κ3) is 2.11. The van der Waals surface area contributed by atoms with Crippen LogP contribution >= 0.6 is 0 Å². The topological polar surface area (TPSA) is 0 Å². The van der Waals surface area contributed by atoms with Crippen molar-refractivity contribution in [3.05, 3.63) is 99.9 Å². The first-order chi connectivity index (χ1) is 14.9. The standard InChI is InChI=1S/C30H22/c1-2-8-20-19(7-1)15-16-25-21(20)11-5-12-22(25)26-17-18-29-24-10-4-3-9-23(24)27-13-6-14-28(26)30(27)29/h2-5,8-12,14-18H,1,6-7,13H2. The smallest absolute Gasteiger partial charge is 0.00637 e. The minimum Gasteiger partial charge on any atom is -0.0836 e. The van der Waals surface area contributed by atoms with Gasteiger partial charge in [0, 0.05) is 0 Å². The Morgan fingerprint density at radius 3 is 2.40 bits per heavy atom. The molecule has 0 heterocycles. The highest BCUT2D eigenvalue weighted by molar-refractivity contribution is 6.02. The quantitative estimate of drug-likeness (QED) is 0.367. The van der Waals surface area contributed by atoms with Crippen LogP contribution in [0.5, 0.6) is 0 Å². The van der Waals surface area contributed by atoms with E-state index < -0.39 is 0 Å². The molecule has 0 heteroatoms. The van der Waals surface area contributed by atoms with Crippen molar-refractivity contribution in [3.63, 3.8) is 0 Å². The van der Waals surface area contributed by atoms with Crippen molar-refractivity contribution >= 4 is 28.5 Å². The maximum absolute atomic E-state index is 2.47. The van der Waals surface area contributed by atoms with Crippen molar-refractivity contribution in [1.82, 2.24) is 0 Å². The van der Waals surface area contributed by atoms with Crippen LogP contribution in [0.4, 0.5) is 0 Å². The Kier molecular flexibility index (Phi) is 3.32. The van der Waals surface area contributed by atoms with Crippen LogP contribution in [-0.2, 0) is 6.42 Å². The summed E-state index contributed by atoms with van der Waals surface area (Å²) in [7, 11) is 0. The molecule has 0 aromatic heterocycles. The molecule has 3 aliphatic carbocycles. The van der Waals surface area contributed by atoms with Gasteiger partial charge in [-0.25, -0.2) is 0 Å². The Bertz CT molecular complexity index is 1530. The lowest BCUT2D eigenvalue weighted by atomic mass is 9.87. The molecule has 0 spiro atoms. The molecule has 0 atom stereocenters. The molecular formula is C30H22. The predicted octanol–water partition coefficient (Wildman–Crippen LogP) is 6.22. The fourth-order valence-electron chi connectivity index (χ4n) is 5.87. The molecule has 0 saturated heterocycles. The van der Waals surface area contributed by atoms with E-state index >= 15 is 0 Å². The molecule has 0 N–H and O–H groups in total. The van der Waals surface area contributed by atoms with Crippen molar-refractivity contribution in [1.29, 1.82) is 0 Å². The molecule has 4 aromatic rings. The van der Waals surface area contributed by atoms with Crippen molar-refractivity contribution in [2.45, 2.75) is 25.7 Å². The fraction of sp³-hybridized carbons (Fsp3) is 0.133. The Labute approximate surface area is 176 Å². The van der Waals surface area contributed by atoms with Crippen LogP contribution in [0.2, 0.25) is 0 Å². The number of hydrogen-bond donors (Lipinski definition) is 0. The number of rotatable bonds is 1. The summed E-state index contributed by atoms with van der Waals surface area (Å²) in [6, 6.07) is 25.2. The van der Waals surface area contributed by atoms with Gasteiger partial charge in [-0.3, -0.25) is 0 Å². The molecule has 142 valence electrons. The SMILES string of the molecule is C1=Cc2c(ccc3c(-c4ccc5c6c4=CCCC=6c4ccccc4-5)cccc23)CC1. The normalized spacial score (nSPS) is 15.5. The molecule has 0 amide bonds. The monoisotopic (exact) mass is 382 g/mol. The molecule has 30 heavy (non-hydrogen) atoms. The maximum atomic E-state index is 2.47. The van der Waals surface area contributed by atoms with Crippen LogP contribution in [-0.4, -0.2) is 0 Å². The van der Waals surface area contributed by atoms with Crippen molar-refractivity contribution in [2.24, 2.45) is 0 Å². The van der Waals surface area contributed by atoms with E-state index in [-0.39, 0.29) is 0 Å². The van der Waals surface area contributed by atoms with Gasteiger partial charge in [0.1, 0.15) is 0 Å². The molecule has 4 aromatic carbocycles. The highest BCUT2D eigenvalue weighted by atomic mass is 14.3. The van der Waals surface area contributed by atoms with E-state index in [4.69, 9.17) is 0 Å². The molecule has 0 radical (unpaired) electrons. The summed E-state index contributed by atoms with van der Waals surface area (Å²) in [6.07, 6.45) is 11.7. The highest BCUT2D eigenvalue weighted by Crippen LogP contribution is 2.37. The van der Waals surface area contributed by atoms with E-state index in [2.05, 4.69) is 85.0 Å². The van der Waals surface area contributed by atoms with Crippen LogP contribution in [0.25, 0.3) is 50.8 Å². The second-order valence-corrected chi connectivity index (χ2v) is 8.70. The maximum Gasteiger partial charge on any atom is -0.00637 e. The third-order valence-electron chi connectivity index (χ3n) is 7.18. The minimum atomic E-state index is 1.12. The second kappa shape index (κ2) is 6.06. The third-order valence-corrected chi connectivity index (χ3v) is 7.18. The molecule has 0 aliphatic heterocycles. The van der Waals surface area contributed by atoms with Crippen molar-refractivity contribution in [3.8, 4) is 22.3 Å². The number of allylic oxidation sites excluding steroid dienone is 1. The first kappa shape index (κ1) is 16.4. The zero-order valence-corrected chi connectivity index (χ0v) is 16.9. The average Bonchev–Trinajstić information content (AvgIpc) is 3.15.